The third kappa shape index (κ3) is 3.78. The lowest BCUT2D eigenvalue weighted by molar-refractivity contribution is 0.00984. The average molecular weight is 347 g/mol. The van der Waals surface area contributed by atoms with Crippen molar-refractivity contribution in [3.63, 3.8) is 0 Å². The molecule has 1 amide bonds. The summed E-state index contributed by atoms with van der Waals surface area (Å²) in [6.45, 7) is 8.26. The molecule has 0 aromatic carbocycles. The van der Waals surface area contributed by atoms with Gasteiger partial charge < -0.3 is 14.0 Å². The van der Waals surface area contributed by atoms with Crippen molar-refractivity contribution >= 4 is 11.7 Å². The maximum Gasteiger partial charge on any atom is 0.410 e. The number of aryl methyl sites for hydroxylation is 1. The maximum absolute atomic E-state index is 14.0. The van der Waals surface area contributed by atoms with Gasteiger partial charge in [-0.1, -0.05) is 0 Å². The molecule has 1 saturated heterocycles. The molecule has 1 aliphatic heterocycles. The summed E-state index contributed by atoms with van der Waals surface area (Å²) in [6, 6.07) is 3.13. The van der Waals surface area contributed by atoms with Gasteiger partial charge in [-0.25, -0.2) is 14.2 Å². The van der Waals surface area contributed by atoms with Crippen LogP contribution in [0.15, 0.2) is 18.3 Å². The van der Waals surface area contributed by atoms with E-state index in [1.807, 2.05) is 38.8 Å². The van der Waals surface area contributed by atoms with Gasteiger partial charge in [-0.2, -0.15) is 0 Å². The first-order valence-corrected chi connectivity index (χ1v) is 8.88. The standard InChI is InChI=1S/C19H26FN3O2/c1-13-16(21-17-15(20)9-7-11-22(13)17)12-14-8-5-6-10-23(14)18(24)25-19(2,3)4/h7,9,11,14H,5-6,8,10,12H2,1-4H3/t14-/m0/s1. The molecule has 0 unspecified atom stereocenters. The van der Waals surface area contributed by atoms with Crippen molar-refractivity contribution in [3.8, 4) is 0 Å². The van der Waals surface area contributed by atoms with Crippen LogP contribution in [0, 0.1) is 12.7 Å². The van der Waals surface area contributed by atoms with Crippen LogP contribution in [0.2, 0.25) is 0 Å². The molecule has 2 aromatic heterocycles. The minimum absolute atomic E-state index is 0.0373. The largest absolute Gasteiger partial charge is 0.444 e. The number of nitrogens with zero attached hydrogens (tertiary/aromatic N) is 3. The van der Waals surface area contributed by atoms with E-state index in [2.05, 4.69) is 4.98 Å². The summed E-state index contributed by atoms with van der Waals surface area (Å²) in [5.41, 5.74) is 1.59. The molecule has 2 aromatic rings. The topological polar surface area (TPSA) is 46.8 Å². The summed E-state index contributed by atoms with van der Waals surface area (Å²) < 4.78 is 21.3. The molecule has 0 saturated carbocycles. The average Bonchev–Trinajstić information content (AvgIpc) is 2.84. The molecule has 0 radical (unpaired) electrons. The number of rotatable bonds is 2. The van der Waals surface area contributed by atoms with E-state index in [0.717, 1.165) is 30.7 Å². The second-order valence-corrected chi connectivity index (χ2v) is 7.72. The fraction of sp³-hybridized carbons (Fsp3) is 0.579. The maximum atomic E-state index is 14.0. The van der Waals surface area contributed by atoms with Gasteiger partial charge in [-0.15, -0.1) is 0 Å². The summed E-state index contributed by atoms with van der Waals surface area (Å²) >= 11 is 0. The summed E-state index contributed by atoms with van der Waals surface area (Å²) in [5.74, 6) is -0.329. The number of piperidine rings is 1. The molecular formula is C19H26FN3O2. The SMILES string of the molecule is Cc1c(C[C@@H]2CCCCN2C(=O)OC(C)(C)C)nc2c(F)cccn12. The third-order valence-corrected chi connectivity index (χ3v) is 4.62. The van der Waals surface area contributed by atoms with E-state index in [1.165, 1.54) is 6.07 Å². The predicted molar refractivity (Wildman–Crippen MR) is 94.2 cm³/mol. The zero-order chi connectivity index (χ0) is 18.2. The molecule has 3 rings (SSSR count). The Morgan fingerprint density at radius 1 is 1.40 bits per heavy atom. The van der Waals surface area contributed by atoms with Crippen LogP contribution in [0.5, 0.6) is 0 Å². The van der Waals surface area contributed by atoms with Crippen LogP contribution in [-0.2, 0) is 11.2 Å². The van der Waals surface area contributed by atoms with Gasteiger partial charge in [0, 0.05) is 30.9 Å². The van der Waals surface area contributed by atoms with Crippen LogP contribution in [-0.4, -0.2) is 38.6 Å². The van der Waals surface area contributed by atoms with Gasteiger partial charge in [-0.3, -0.25) is 0 Å². The number of pyridine rings is 1. The first-order valence-electron chi connectivity index (χ1n) is 8.88. The van der Waals surface area contributed by atoms with Crippen LogP contribution in [0.3, 0.4) is 0 Å². The highest BCUT2D eigenvalue weighted by Crippen LogP contribution is 2.25. The van der Waals surface area contributed by atoms with Gasteiger partial charge in [0.05, 0.1) is 5.69 Å². The smallest absolute Gasteiger partial charge is 0.410 e. The minimum Gasteiger partial charge on any atom is -0.444 e. The van der Waals surface area contributed by atoms with Gasteiger partial charge in [0.15, 0.2) is 11.5 Å². The van der Waals surface area contributed by atoms with Crippen LogP contribution in [0.1, 0.15) is 51.4 Å². The Balaban J connectivity index is 1.84. The van der Waals surface area contributed by atoms with Crippen LogP contribution >= 0.6 is 0 Å². The number of aromatic nitrogens is 2. The number of halogens is 1. The summed E-state index contributed by atoms with van der Waals surface area (Å²) in [6.07, 6.45) is 5.13. The van der Waals surface area contributed by atoms with Crippen molar-refractivity contribution in [2.24, 2.45) is 0 Å². The van der Waals surface area contributed by atoms with Crippen molar-refractivity contribution in [1.82, 2.24) is 14.3 Å². The summed E-state index contributed by atoms with van der Waals surface area (Å²) in [5, 5.41) is 0. The van der Waals surface area contributed by atoms with E-state index in [9.17, 15) is 9.18 Å². The number of hydrogen-bond donors (Lipinski definition) is 0. The molecule has 0 aliphatic carbocycles. The first kappa shape index (κ1) is 17.7. The molecular weight excluding hydrogens is 321 g/mol. The van der Waals surface area contributed by atoms with E-state index in [-0.39, 0.29) is 18.0 Å². The molecule has 25 heavy (non-hydrogen) atoms. The van der Waals surface area contributed by atoms with Crippen molar-refractivity contribution in [2.75, 3.05) is 6.54 Å². The monoisotopic (exact) mass is 347 g/mol. The second-order valence-electron chi connectivity index (χ2n) is 7.72. The van der Waals surface area contributed by atoms with E-state index < -0.39 is 5.60 Å². The number of hydrogen-bond acceptors (Lipinski definition) is 3. The number of ether oxygens (including phenoxy) is 1. The Bertz CT molecular complexity index is 779. The van der Waals surface area contributed by atoms with E-state index in [0.29, 0.717) is 18.6 Å². The van der Waals surface area contributed by atoms with Crippen LogP contribution in [0.25, 0.3) is 5.65 Å². The Kier molecular flexibility index (Phi) is 4.71. The van der Waals surface area contributed by atoms with Crippen molar-refractivity contribution in [3.05, 3.63) is 35.5 Å². The van der Waals surface area contributed by atoms with Crippen molar-refractivity contribution < 1.29 is 13.9 Å². The first-order chi connectivity index (χ1) is 11.8. The molecule has 1 fully saturated rings. The lowest BCUT2D eigenvalue weighted by atomic mass is 9.98. The Morgan fingerprint density at radius 3 is 2.84 bits per heavy atom. The molecule has 0 spiro atoms. The molecule has 1 atom stereocenters. The zero-order valence-corrected chi connectivity index (χ0v) is 15.4. The number of fused-ring (bicyclic) bond motifs is 1. The summed E-state index contributed by atoms with van der Waals surface area (Å²) in [7, 11) is 0. The molecule has 3 heterocycles. The van der Waals surface area contributed by atoms with Gasteiger partial charge in [-0.05, 0) is 59.1 Å². The molecule has 136 valence electrons. The van der Waals surface area contributed by atoms with E-state index >= 15 is 0 Å². The molecule has 0 bridgehead atoms. The predicted octanol–water partition coefficient (Wildman–Crippen LogP) is 4.11. The molecule has 6 heteroatoms. The van der Waals surface area contributed by atoms with Gasteiger partial charge in [0.25, 0.3) is 0 Å². The highest BCUT2D eigenvalue weighted by molar-refractivity contribution is 5.68. The van der Waals surface area contributed by atoms with Gasteiger partial charge >= 0.3 is 6.09 Å². The number of carbonyl (C=O) groups is 1. The van der Waals surface area contributed by atoms with Crippen molar-refractivity contribution in [2.45, 2.75) is 65.0 Å². The van der Waals surface area contributed by atoms with E-state index in [4.69, 9.17) is 4.74 Å². The molecule has 1 aliphatic rings. The quantitative estimate of drug-likeness (QED) is 0.821. The van der Waals surface area contributed by atoms with Gasteiger partial charge in [0.1, 0.15) is 5.60 Å². The molecule has 0 N–H and O–H groups in total. The Labute approximate surface area is 147 Å². The Hall–Kier alpha value is -2.11. The lowest BCUT2D eigenvalue weighted by Gasteiger charge is -2.36. The van der Waals surface area contributed by atoms with Gasteiger partial charge in [0.2, 0.25) is 0 Å². The normalized spacial score (nSPS) is 18.6. The van der Waals surface area contributed by atoms with E-state index in [1.54, 1.807) is 10.5 Å². The highest BCUT2D eigenvalue weighted by Gasteiger charge is 2.31. The number of imidazole rings is 1. The zero-order valence-electron chi connectivity index (χ0n) is 15.4. The number of likely N-dealkylation sites (tertiary alicyclic amines) is 1. The second kappa shape index (κ2) is 6.65. The van der Waals surface area contributed by atoms with Crippen LogP contribution in [0.4, 0.5) is 9.18 Å². The third-order valence-electron chi connectivity index (χ3n) is 4.62. The fourth-order valence-corrected chi connectivity index (χ4v) is 3.39. The fourth-order valence-electron chi connectivity index (χ4n) is 3.39. The summed E-state index contributed by atoms with van der Waals surface area (Å²) in [4.78, 5) is 18.8. The van der Waals surface area contributed by atoms with Crippen molar-refractivity contribution in [1.29, 1.82) is 0 Å². The minimum atomic E-state index is -0.513. The Morgan fingerprint density at radius 2 is 2.16 bits per heavy atom. The molecule has 5 nitrogen and oxygen atoms in total. The number of amides is 1. The van der Waals surface area contributed by atoms with Crippen LogP contribution < -0.4 is 0 Å². The lowest BCUT2D eigenvalue weighted by Crippen LogP contribution is -2.47. The highest BCUT2D eigenvalue weighted by atomic mass is 19.1. The number of carbonyl (C=O) groups excluding carboxylic acids is 1.